The molecule has 0 aliphatic heterocycles. The summed E-state index contributed by atoms with van der Waals surface area (Å²) >= 11 is 7.49. The number of nitrogens with one attached hydrogen (secondary N) is 2. The van der Waals surface area contributed by atoms with E-state index in [2.05, 4.69) is 15.0 Å². The van der Waals surface area contributed by atoms with E-state index in [1.54, 1.807) is 27.0 Å². The Morgan fingerprint density at radius 1 is 1.23 bits per heavy atom. The van der Waals surface area contributed by atoms with Gasteiger partial charge in [-0.15, -0.1) is 11.3 Å². The molecule has 0 bridgehead atoms. The predicted molar refractivity (Wildman–Crippen MR) is 118 cm³/mol. The monoisotopic (exact) mass is 467 g/mol. The van der Waals surface area contributed by atoms with Gasteiger partial charge in [0, 0.05) is 28.1 Å². The molecule has 0 aliphatic carbocycles. The Morgan fingerprint density at radius 3 is 2.63 bits per heavy atom. The highest BCUT2D eigenvalue weighted by Crippen LogP contribution is 2.25. The van der Waals surface area contributed by atoms with Gasteiger partial charge in [0.15, 0.2) is 10.9 Å². The van der Waals surface area contributed by atoms with Crippen LogP contribution < -0.4 is 10.0 Å². The van der Waals surface area contributed by atoms with Crippen LogP contribution in [0, 0.1) is 6.92 Å². The second kappa shape index (κ2) is 8.50. The maximum Gasteiger partial charge on any atom is 0.293 e. The number of sulfonamides is 1. The minimum absolute atomic E-state index is 0.119. The molecule has 2 aromatic heterocycles. The van der Waals surface area contributed by atoms with Crippen molar-refractivity contribution < 1.29 is 17.6 Å². The molecule has 0 saturated heterocycles. The minimum atomic E-state index is -3.86. The average molecular weight is 468 g/mol. The predicted octanol–water partition coefficient (Wildman–Crippen LogP) is 4.62. The van der Waals surface area contributed by atoms with Crippen molar-refractivity contribution in [2.75, 3.05) is 5.32 Å². The van der Waals surface area contributed by atoms with Crippen molar-refractivity contribution in [3.05, 3.63) is 63.3 Å². The molecule has 10 heteroatoms. The molecule has 0 saturated carbocycles. The molecule has 0 unspecified atom stereocenters. The molecule has 3 aromatic rings. The highest BCUT2D eigenvalue weighted by molar-refractivity contribution is 7.89. The van der Waals surface area contributed by atoms with Gasteiger partial charge < -0.3 is 4.42 Å². The van der Waals surface area contributed by atoms with Crippen LogP contribution in [0.2, 0.25) is 5.02 Å². The molecule has 0 atom stereocenters. The zero-order valence-corrected chi connectivity index (χ0v) is 19.3. The van der Waals surface area contributed by atoms with Crippen LogP contribution in [-0.4, -0.2) is 24.8 Å². The molecule has 0 aliphatic rings. The molecule has 0 spiro atoms. The lowest BCUT2D eigenvalue weighted by Crippen LogP contribution is -2.40. The third-order valence-corrected chi connectivity index (χ3v) is 6.85. The number of rotatable bonds is 6. The number of benzene rings is 1. The van der Waals surface area contributed by atoms with E-state index in [4.69, 9.17) is 16.0 Å². The van der Waals surface area contributed by atoms with Gasteiger partial charge in [-0.1, -0.05) is 23.7 Å². The maximum absolute atomic E-state index is 12.4. The summed E-state index contributed by atoms with van der Waals surface area (Å²) in [5, 5.41) is 3.40. The third-order valence-electron chi connectivity index (χ3n) is 3.90. The number of hydrogen-bond acceptors (Lipinski definition) is 6. The van der Waals surface area contributed by atoms with E-state index in [0.717, 1.165) is 16.0 Å². The standard InChI is InChI=1S/C20H22ClN3O4S2/c1-12-5-6-13(10-15(12)21)9-14-11-22-19(29-14)23-18(25)16-7-8-17(28-16)30(26,27)24-20(2,3)4/h5-8,10-11,24H,9H2,1-4H3,(H,22,23,25). The van der Waals surface area contributed by atoms with E-state index >= 15 is 0 Å². The average Bonchev–Trinajstić information content (AvgIpc) is 3.26. The minimum Gasteiger partial charge on any atom is -0.438 e. The van der Waals surface area contributed by atoms with E-state index in [-0.39, 0.29) is 10.9 Å². The summed E-state index contributed by atoms with van der Waals surface area (Å²) in [6.45, 7) is 7.08. The highest BCUT2D eigenvalue weighted by Gasteiger charge is 2.26. The molecule has 7 nitrogen and oxygen atoms in total. The van der Waals surface area contributed by atoms with E-state index in [0.29, 0.717) is 16.6 Å². The molecule has 0 fully saturated rings. The first kappa shape index (κ1) is 22.5. The summed E-state index contributed by atoms with van der Waals surface area (Å²) < 4.78 is 32.3. The number of amides is 1. The van der Waals surface area contributed by atoms with Crippen LogP contribution in [0.15, 0.2) is 46.0 Å². The number of nitrogens with zero attached hydrogens (tertiary/aromatic N) is 1. The molecular weight excluding hydrogens is 446 g/mol. The van der Waals surface area contributed by atoms with Gasteiger partial charge in [0.05, 0.1) is 0 Å². The fourth-order valence-corrected chi connectivity index (χ4v) is 4.99. The molecule has 0 radical (unpaired) electrons. The van der Waals surface area contributed by atoms with Crippen molar-refractivity contribution in [3.63, 3.8) is 0 Å². The Morgan fingerprint density at radius 2 is 1.97 bits per heavy atom. The first-order valence-electron chi connectivity index (χ1n) is 9.08. The fourth-order valence-electron chi connectivity index (χ4n) is 2.59. The van der Waals surface area contributed by atoms with Crippen molar-refractivity contribution in [1.82, 2.24) is 9.71 Å². The number of anilines is 1. The molecule has 1 aromatic carbocycles. The van der Waals surface area contributed by atoms with E-state index < -0.39 is 21.5 Å². The number of aryl methyl sites for hydroxylation is 1. The fraction of sp³-hybridized carbons (Fsp3) is 0.300. The zero-order valence-electron chi connectivity index (χ0n) is 16.9. The molecule has 3 rings (SSSR count). The van der Waals surface area contributed by atoms with Gasteiger partial charge in [-0.3, -0.25) is 10.1 Å². The van der Waals surface area contributed by atoms with Crippen molar-refractivity contribution in [1.29, 1.82) is 0 Å². The van der Waals surface area contributed by atoms with E-state index in [9.17, 15) is 13.2 Å². The zero-order chi connectivity index (χ0) is 22.1. The summed E-state index contributed by atoms with van der Waals surface area (Å²) in [4.78, 5) is 17.6. The lowest BCUT2D eigenvalue weighted by Gasteiger charge is -2.18. The number of carbonyl (C=O) groups is 1. The Hall–Kier alpha value is -2.20. The Balaban J connectivity index is 1.67. The lowest BCUT2D eigenvalue weighted by atomic mass is 10.1. The van der Waals surface area contributed by atoms with E-state index in [1.807, 2.05) is 25.1 Å². The van der Waals surface area contributed by atoms with Gasteiger partial charge in [0.25, 0.3) is 15.9 Å². The van der Waals surface area contributed by atoms with Gasteiger partial charge >= 0.3 is 0 Å². The van der Waals surface area contributed by atoms with Crippen molar-refractivity contribution in [3.8, 4) is 0 Å². The quantitative estimate of drug-likeness (QED) is 0.550. The van der Waals surface area contributed by atoms with Gasteiger partial charge in [-0.05, 0) is 57.0 Å². The Kier molecular flexibility index (Phi) is 6.37. The molecule has 1 amide bonds. The number of carbonyl (C=O) groups excluding carboxylic acids is 1. The van der Waals surface area contributed by atoms with Crippen LogP contribution >= 0.6 is 22.9 Å². The number of halogens is 1. The lowest BCUT2D eigenvalue weighted by molar-refractivity contribution is 0.0991. The van der Waals surface area contributed by atoms with Crippen LogP contribution in [-0.2, 0) is 16.4 Å². The van der Waals surface area contributed by atoms with Crippen molar-refractivity contribution >= 4 is 44.0 Å². The van der Waals surface area contributed by atoms with Crippen molar-refractivity contribution in [2.45, 2.75) is 44.7 Å². The number of thiazole rings is 1. The first-order valence-corrected chi connectivity index (χ1v) is 11.8. The normalized spacial score (nSPS) is 12.2. The van der Waals surface area contributed by atoms with Crippen LogP contribution in [0.4, 0.5) is 5.13 Å². The van der Waals surface area contributed by atoms with Crippen molar-refractivity contribution in [2.24, 2.45) is 0 Å². The summed E-state index contributed by atoms with van der Waals surface area (Å²) in [7, 11) is -3.86. The molecule has 2 N–H and O–H groups in total. The number of hydrogen-bond donors (Lipinski definition) is 2. The Labute approximate surface area is 184 Å². The number of aromatic nitrogens is 1. The maximum atomic E-state index is 12.4. The SMILES string of the molecule is Cc1ccc(Cc2cnc(NC(=O)c3ccc(S(=O)(=O)NC(C)(C)C)o3)s2)cc1Cl. The largest absolute Gasteiger partial charge is 0.438 e. The molecule has 30 heavy (non-hydrogen) atoms. The topological polar surface area (TPSA) is 101 Å². The second-order valence-corrected chi connectivity index (χ2v) is 11.0. The smallest absolute Gasteiger partial charge is 0.293 e. The molecule has 2 heterocycles. The van der Waals surface area contributed by atoms with Crippen LogP contribution in [0.25, 0.3) is 0 Å². The van der Waals surface area contributed by atoms with Gasteiger partial charge in [-0.2, -0.15) is 0 Å². The van der Waals surface area contributed by atoms with E-state index in [1.165, 1.54) is 23.5 Å². The molecular formula is C20H22ClN3O4S2. The third kappa shape index (κ3) is 5.69. The van der Waals surface area contributed by atoms with Gasteiger partial charge in [0.2, 0.25) is 5.09 Å². The second-order valence-electron chi connectivity index (χ2n) is 7.82. The summed E-state index contributed by atoms with van der Waals surface area (Å²) in [6, 6.07) is 8.42. The highest BCUT2D eigenvalue weighted by atomic mass is 35.5. The van der Waals surface area contributed by atoms with Gasteiger partial charge in [-0.25, -0.2) is 18.1 Å². The molecule has 160 valence electrons. The summed E-state index contributed by atoms with van der Waals surface area (Å²) in [5.74, 6) is -0.696. The number of furan rings is 1. The summed E-state index contributed by atoms with van der Waals surface area (Å²) in [5.41, 5.74) is 1.38. The first-order chi connectivity index (χ1) is 13.9. The van der Waals surface area contributed by atoms with Gasteiger partial charge in [0.1, 0.15) is 0 Å². The van der Waals surface area contributed by atoms with Crippen LogP contribution in [0.1, 0.15) is 47.3 Å². The van der Waals surface area contributed by atoms with Crippen LogP contribution in [0.5, 0.6) is 0 Å². The van der Waals surface area contributed by atoms with Crippen LogP contribution in [0.3, 0.4) is 0 Å². The Bertz CT molecular complexity index is 1180. The summed E-state index contributed by atoms with van der Waals surface area (Å²) in [6.07, 6.45) is 2.31.